The van der Waals surface area contributed by atoms with Crippen molar-refractivity contribution in [2.75, 3.05) is 11.4 Å². The molecule has 0 unspecified atom stereocenters. The van der Waals surface area contributed by atoms with E-state index in [-0.39, 0.29) is 5.84 Å². The van der Waals surface area contributed by atoms with Crippen LogP contribution in [-0.4, -0.2) is 18.4 Å². The average Bonchev–Trinajstić information content (AvgIpc) is 2.92. The minimum Gasteiger partial charge on any atom is -0.384 e. The Balaban J connectivity index is 2.35. The third-order valence-corrected chi connectivity index (χ3v) is 4.94. The first-order valence-corrected chi connectivity index (χ1v) is 8.69. The quantitative estimate of drug-likeness (QED) is 0.584. The van der Waals surface area contributed by atoms with E-state index >= 15 is 0 Å². The van der Waals surface area contributed by atoms with E-state index in [2.05, 4.69) is 40.7 Å². The fourth-order valence-electron chi connectivity index (χ4n) is 3.13. The van der Waals surface area contributed by atoms with Crippen molar-refractivity contribution in [2.45, 2.75) is 52.0 Å². The van der Waals surface area contributed by atoms with Gasteiger partial charge in [-0.15, -0.1) is 0 Å². The molecule has 1 fully saturated rings. The summed E-state index contributed by atoms with van der Waals surface area (Å²) in [5, 5.41) is 7.92. The molecule has 0 heterocycles. The molecule has 1 aromatic rings. The lowest BCUT2D eigenvalue weighted by atomic mass is 10.0. The highest BCUT2D eigenvalue weighted by molar-refractivity contribution is 9.10. The van der Waals surface area contributed by atoms with Crippen LogP contribution in [0.15, 0.2) is 22.7 Å². The van der Waals surface area contributed by atoms with Crippen LogP contribution in [0.2, 0.25) is 0 Å². The maximum Gasteiger partial charge on any atom is 0.126 e. The molecule has 2 rings (SSSR count). The van der Waals surface area contributed by atoms with Crippen LogP contribution in [0, 0.1) is 11.3 Å². The molecule has 0 radical (unpaired) electrons. The third kappa shape index (κ3) is 4.00. The first-order valence-electron chi connectivity index (χ1n) is 7.90. The van der Waals surface area contributed by atoms with Crippen molar-refractivity contribution in [2.24, 2.45) is 11.7 Å². The van der Waals surface area contributed by atoms with Crippen LogP contribution in [-0.2, 0) is 0 Å². The van der Waals surface area contributed by atoms with Gasteiger partial charge in [0.2, 0.25) is 0 Å². The van der Waals surface area contributed by atoms with Gasteiger partial charge in [-0.3, -0.25) is 5.41 Å². The van der Waals surface area contributed by atoms with Crippen molar-refractivity contribution in [3.8, 4) is 0 Å². The highest BCUT2D eigenvalue weighted by Crippen LogP contribution is 2.33. The van der Waals surface area contributed by atoms with Gasteiger partial charge in [0.1, 0.15) is 5.84 Å². The molecule has 0 amide bonds. The van der Waals surface area contributed by atoms with Gasteiger partial charge in [0.15, 0.2) is 0 Å². The van der Waals surface area contributed by atoms with E-state index in [1.807, 2.05) is 12.1 Å². The summed E-state index contributed by atoms with van der Waals surface area (Å²) < 4.78 is 0.917. The van der Waals surface area contributed by atoms with E-state index in [9.17, 15) is 0 Å². The van der Waals surface area contributed by atoms with Crippen molar-refractivity contribution in [3.63, 3.8) is 0 Å². The Morgan fingerprint density at radius 1 is 1.38 bits per heavy atom. The molecule has 0 atom stereocenters. The Morgan fingerprint density at radius 2 is 2.05 bits per heavy atom. The Morgan fingerprint density at radius 3 is 2.62 bits per heavy atom. The first-order chi connectivity index (χ1) is 10.0. The predicted molar refractivity (Wildman–Crippen MR) is 94.2 cm³/mol. The molecule has 1 saturated carbocycles. The van der Waals surface area contributed by atoms with Crippen LogP contribution in [0.3, 0.4) is 0 Å². The standard InChI is InChI=1S/C17H26BrN3/c1-12(2)10-11-21(13-6-3-4-7-13)15-9-5-8-14(18)16(15)17(19)20/h5,8-9,12-13H,3-4,6-7,10-11H2,1-2H3,(H3,19,20). The van der Waals surface area contributed by atoms with Crippen molar-refractivity contribution in [3.05, 3.63) is 28.2 Å². The smallest absolute Gasteiger partial charge is 0.126 e. The zero-order chi connectivity index (χ0) is 15.4. The van der Waals surface area contributed by atoms with Gasteiger partial charge in [-0.1, -0.05) is 32.8 Å². The Kier molecular flexibility index (Phi) is 5.68. The van der Waals surface area contributed by atoms with Gasteiger partial charge in [-0.05, 0) is 53.2 Å². The van der Waals surface area contributed by atoms with E-state index in [1.165, 1.54) is 32.1 Å². The molecule has 1 aliphatic carbocycles. The van der Waals surface area contributed by atoms with Crippen LogP contribution in [0.4, 0.5) is 5.69 Å². The van der Waals surface area contributed by atoms with Crippen LogP contribution in [0.5, 0.6) is 0 Å². The molecule has 0 spiro atoms. The molecule has 0 saturated heterocycles. The molecule has 3 nitrogen and oxygen atoms in total. The normalized spacial score (nSPS) is 15.6. The number of hydrogen-bond acceptors (Lipinski definition) is 2. The number of nitrogen functional groups attached to an aromatic ring is 1. The highest BCUT2D eigenvalue weighted by Gasteiger charge is 2.25. The molecule has 0 aliphatic heterocycles. The van der Waals surface area contributed by atoms with Crippen molar-refractivity contribution in [1.82, 2.24) is 0 Å². The maximum atomic E-state index is 7.92. The summed E-state index contributed by atoms with van der Waals surface area (Å²) in [5.41, 5.74) is 7.79. The fourth-order valence-corrected chi connectivity index (χ4v) is 3.70. The van der Waals surface area contributed by atoms with E-state index in [1.54, 1.807) is 0 Å². The summed E-state index contributed by atoms with van der Waals surface area (Å²) in [6.45, 7) is 5.57. The summed E-state index contributed by atoms with van der Waals surface area (Å²) in [6.07, 6.45) is 6.29. The van der Waals surface area contributed by atoms with E-state index in [0.29, 0.717) is 12.0 Å². The molecule has 4 heteroatoms. The topological polar surface area (TPSA) is 53.1 Å². The van der Waals surface area contributed by atoms with Gasteiger partial charge in [-0.25, -0.2) is 0 Å². The van der Waals surface area contributed by atoms with Gasteiger partial charge >= 0.3 is 0 Å². The second-order valence-electron chi connectivity index (χ2n) is 6.36. The summed E-state index contributed by atoms with van der Waals surface area (Å²) in [4.78, 5) is 2.49. The number of anilines is 1. The van der Waals surface area contributed by atoms with E-state index < -0.39 is 0 Å². The lowest BCUT2D eigenvalue weighted by molar-refractivity contribution is 0.528. The van der Waals surface area contributed by atoms with E-state index in [4.69, 9.17) is 11.1 Å². The molecule has 0 aromatic heterocycles. The summed E-state index contributed by atoms with van der Waals surface area (Å²) >= 11 is 3.56. The second kappa shape index (κ2) is 7.30. The van der Waals surface area contributed by atoms with Gasteiger partial charge in [0, 0.05) is 22.7 Å². The molecule has 3 N–H and O–H groups in total. The third-order valence-electron chi connectivity index (χ3n) is 4.28. The molecule has 1 aliphatic rings. The fraction of sp³-hybridized carbons (Fsp3) is 0.588. The maximum absolute atomic E-state index is 7.92. The van der Waals surface area contributed by atoms with Crippen LogP contribution in [0.25, 0.3) is 0 Å². The minimum absolute atomic E-state index is 0.144. The first kappa shape index (κ1) is 16.3. The van der Waals surface area contributed by atoms with Crippen molar-refractivity contribution in [1.29, 1.82) is 5.41 Å². The molecular formula is C17H26BrN3. The molecular weight excluding hydrogens is 326 g/mol. The van der Waals surface area contributed by atoms with Gasteiger partial charge in [-0.2, -0.15) is 0 Å². The highest BCUT2D eigenvalue weighted by atomic mass is 79.9. The number of benzene rings is 1. The lowest BCUT2D eigenvalue weighted by Crippen LogP contribution is -2.36. The average molecular weight is 352 g/mol. The monoisotopic (exact) mass is 351 g/mol. The summed E-state index contributed by atoms with van der Waals surface area (Å²) in [6, 6.07) is 6.72. The van der Waals surface area contributed by atoms with Gasteiger partial charge in [0.25, 0.3) is 0 Å². The van der Waals surface area contributed by atoms with Crippen molar-refractivity contribution < 1.29 is 0 Å². The second-order valence-corrected chi connectivity index (χ2v) is 7.22. The number of rotatable bonds is 6. The summed E-state index contributed by atoms with van der Waals surface area (Å²) in [5.74, 6) is 0.826. The molecule has 116 valence electrons. The zero-order valence-corrected chi connectivity index (χ0v) is 14.6. The largest absolute Gasteiger partial charge is 0.384 e. The van der Waals surface area contributed by atoms with Gasteiger partial charge < -0.3 is 10.6 Å². The van der Waals surface area contributed by atoms with E-state index in [0.717, 1.165) is 22.3 Å². The SMILES string of the molecule is CC(C)CCN(c1cccc(Br)c1C(=N)N)C1CCCC1. The number of halogens is 1. The molecule has 21 heavy (non-hydrogen) atoms. The predicted octanol–water partition coefficient (Wildman–Crippen LogP) is 4.53. The number of nitrogens with zero attached hydrogens (tertiary/aromatic N) is 1. The van der Waals surface area contributed by atoms with Crippen LogP contribution < -0.4 is 10.6 Å². The Bertz CT molecular complexity index is 493. The Hall–Kier alpha value is -1.03. The Labute approximate surface area is 136 Å². The zero-order valence-electron chi connectivity index (χ0n) is 13.0. The summed E-state index contributed by atoms with van der Waals surface area (Å²) in [7, 11) is 0. The van der Waals surface area contributed by atoms with Gasteiger partial charge in [0.05, 0.1) is 5.56 Å². The van der Waals surface area contributed by atoms with Crippen molar-refractivity contribution >= 4 is 27.5 Å². The molecule has 1 aromatic carbocycles. The number of nitrogens with two attached hydrogens (primary N) is 1. The van der Waals surface area contributed by atoms with Crippen LogP contribution >= 0.6 is 15.9 Å². The lowest BCUT2D eigenvalue weighted by Gasteiger charge is -2.33. The number of nitrogens with one attached hydrogen (secondary N) is 1. The van der Waals surface area contributed by atoms with Crippen LogP contribution in [0.1, 0.15) is 51.5 Å². The number of amidine groups is 1. The molecule has 0 bridgehead atoms. The number of hydrogen-bond donors (Lipinski definition) is 2. The minimum atomic E-state index is 0.144.